The standard InChI is InChI=1S/C11H18BrN3/c1-3-8(4-2)11(15-13)9-5-10(12)7-14-6-9/h5-8,11,15H,3-4,13H2,1-2H3. The van der Waals surface area contributed by atoms with Crippen molar-refractivity contribution in [1.82, 2.24) is 10.4 Å². The molecule has 1 aromatic heterocycles. The molecule has 3 nitrogen and oxygen atoms in total. The van der Waals surface area contributed by atoms with Crippen LogP contribution in [0.1, 0.15) is 38.3 Å². The number of hydrogen-bond donors (Lipinski definition) is 2. The average Bonchev–Trinajstić information content (AvgIpc) is 2.25. The first-order valence-corrected chi connectivity index (χ1v) is 6.08. The molecule has 0 spiro atoms. The maximum atomic E-state index is 5.61. The largest absolute Gasteiger partial charge is 0.271 e. The van der Waals surface area contributed by atoms with Crippen molar-refractivity contribution in [1.29, 1.82) is 0 Å². The number of aromatic nitrogens is 1. The van der Waals surface area contributed by atoms with Crippen LogP contribution in [-0.2, 0) is 0 Å². The monoisotopic (exact) mass is 271 g/mol. The predicted octanol–water partition coefficient (Wildman–Crippen LogP) is 2.78. The van der Waals surface area contributed by atoms with Gasteiger partial charge in [-0.05, 0) is 33.5 Å². The van der Waals surface area contributed by atoms with E-state index in [9.17, 15) is 0 Å². The van der Waals surface area contributed by atoms with Crippen molar-refractivity contribution in [3.8, 4) is 0 Å². The zero-order valence-corrected chi connectivity index (χ0v) is 10.8. The van der Waals surface area contributed by atoms with Gasteiger partial charge in [0.05, 0.1) is 6.04 Å². The zero-order valence-electron chi connectivity index (χ0n) is 9.20. The van der Waals surface area contributed by atoms with E-state index < -0.39 is 0 Å². The molecule has 0 fully saturated rings. The number of nitrogens with one attached hydrogen (secondary N) is 1. The van der Waals surface area contributed by atoms with Gasteiger partial charge in [-0.3, -0.25) is 16.3 Å². The maximum Gasteiger partial charge on any atom is 0.0503 e. The Bertz CT molecular complexity index is 300. The van der Waals surface area contributed by atoms with Crippen LogP contribution in [0.2, 0.25) is 0 Å². The molecule has 0 aliphatic rings. The molecule has 0 saturated heterocycles. The summed E-state index contributed by atoms with van der Waals surface area (Å²) in [5, 5.41) is 0. The summed E-state index contributed by atoms with van der Waals surface area (Å²) in [5.74, 6) is 6.16. The molecular weight excluding hydrogens is 254 g/mol. The minimum absolute atomic E-state index is 0.185. The van der Waals surface area contributed by atoms with Gasteiger partial charge in [0.15, 0.2) is 0 Å². The molecule has 84 valence electrons. The third-order valence-corrected chi connectivity index (χ3v) is 3.22. The molecule has 0 aromatic carbocycles. The van der Waals surface area contributed by atoms with Crippen LogP contribution in [0.25, 0.3) is 0 Å². The van der Waals surface area contributed by atoms with E-state index >= 15 is 0 Å². The second kappa shape index (κ2) is 6.20. The Morgan fingerprint density at radius 3 is 2.53 bits per heavy atom. The van der Waals surface area contributed by atoms with Gasteiger partial charge in [0, 0.05) is 16.9 Å². The van der Waals surface area contributed by atoms with Gasteiger partial charge in [0.2, 0.25) is 0 Å². The smallest absolute Gasteiger partial charge is 0.0503 e. The van der Waals surface area contributed by atoms with Crippen molar-refractivity contribution in [2.24, 2.45) is 11.8 Å². The number of hydrogen-bond acceptors (Lipinski definition) is 3. The molecule has 1 rings (SSSR count). The Morgan fingerprint density at radius 2 is 2.07 bits per heavy atom. The van der Waals surface area contributed by atoms with Crippen molar-refractivity contribution in [3.05, 3.63) is 28.5 Å². The van der Waals surface area contributed by atoms with Gasteiger partial charge in [-0.2, -0.15) is 0 Å². The number of nitrogens with zero attached hydrogens (tertiary/aromatic N) is 1. The minimum atomic E-state index is 0.185. The minimum Gasteiger partial charge on any atom is -0.271 e. The molecule has 0 aliphatic heterocycles. The molecule has 3 N–H and O–H groups in total. The summed E-state index contributed by atoms with van der Waals surface area (Å²) in [6, 6.07) is 2.25. The summed E-state index contributed by atoms with van der Waals surface area (Å²) in [6.07, 6.45) is 5.87. The van der Waals surface area contributed by atoms with Crippen LogP contribution in [0.3, 0.4) is 0 Å². The highest BCUT2D eigenvalue weighted by atomic mass is 79.9. The van der Waals surface area contributed by atoms with Crippen LogP contribution < -0.4 is 11.3 Å². The average molecular weight is 272 g/mol. The van der Waals surface area contributed by atoms with E-state index in [0.29, 0.717) is 5.92 Å². The normalized spacial score (nSPS) is 13.1. The van der Waals surface area contributed by atoms with Crippen LogP contribution >= 0.6 is 15.9 Å². The molecule has 0 bridgehead atoms. The fourth-order valence-corrected chi connectivity index (χ4v) is 2.25. The van der Waals surface area contributed by atoms with Crippen LogP contribution in [0, 0.1) is 5.92 Å². The first-order chi connectivity index (χ1) is 7.22. The highest BCUT2D eigenvalue weighted by Crippen LogP contribution is 2.27. The first kappa shape index (κ1) is 12.6. The van der Waals surface area contributed by atoms with E-state index in [4.69, 9.17) is 5.84 Å². The Morgan fingerprint density at radius 1 is 1.40 bits per heavy atom. The van der Waals surface area contributed by atoms with Gasteiger partial charge in [-0.1, -0.05) is 26.7 Å². The summed E-state index contributed by atoms with van der Waals surface area (Å²) in [5.41, 5.74) is 4.03. The number of nitrogens with two attached hydrogens (primary N) is 1. The molecule has 1 atom stereocenters. The lowest BCUT2D eigenvalue weighted by atomic mass is 9.90. The summed E-state index contributed by atoms with van der Waals surface area (Å²) < 4.78 is 0.992. The Kier molecular flexibility index (Phi) is 5.22. The van der Waals surface area contributed by atoms with Crippen molar-refractivity contribution in [3.63, 3.8) is 0 Å². The van der Waals surface area contributed by atoms with Crippen molar-refractivity contribution < 1.29 is 0 Å². The van der Waals surface area contributed by atoms with Crippen LogP contribution in [0.4, 0.5) is 0 Å². The Hall–Kier alpha value is -0.450. The first-order valence-electron chi connectivity index (χ1n) is 5.29. The predicted molar refractivity (Wildman–Crippen MR) is 66.1 cm³/mol. The van der Waals surface area contributed by atoms with Gasteiger partial charge in [-0.15, -0.1) is 0 Å². The topological polar surface area (TPSA) is 50.9 Å². The van der Waals surface area contributed by atoms with Gasteiger partial charge >= 0.3 is 0 Å². The Labute approximate surface area is 99.6 Å². The van der Waals surface area contributed by atoms with Gasteiger partial charge < -0.3 is 0 Å². The van der Waals surface area contributed by atoms with E-state index in [1.807, 2.05) is 6.20 Å². The summed E-state index contributed by atoms with van der Waals surface area (Å²) in [7, 11) is 0. The molecule has 1 heterocycles. The fraction of sp³-hybridized carbons (Fsp3) is 0.545. The van der Waals surface area contributed by atoms with Crippen LogP contribution in [0.5, 0.6) is 0 Å². The number of halogens is 1. The molecular formula is C11H18BrN3. The summed E-state index contributed by atoms with van der Waals surface area (Å²) in [6.45, 7) is 4.37. The van der Waals surface area contributed by atoms with E-state index in [-0.39, 0.29) is 6.04 Å². The third kappa shape index (κ3) is 3.26. The molecule has 0 aliphatic carbocycles. The highest BCUT2D eigenvalue weighted by molar-refractivity contribution is 9.10. The number of rotatable bonds is 5. The van der Waals surface area contributed by atoms with E-state index in [2.05, 4.69) is 46.3 Å². The van der Waals surface area contributed by atoms with Crippen molar-refractivity contribution in [2.45, 2.75) is 32.7 Å². The maximum absolute atomic E-state index is 5.61. The van der Waals surface area contributed by atoms with Crippen molar-refractivity contribution >= 4 is 15.9 Å². The van der Waals surface area contributed by atoms with Gasteiger partial charge in [0.1, 0.15) is 0 Å². The third-order valence-electron chi connectivity index (χ3n) is 2.78. The van der Waals surface area contributed by atoms with Crippen LogP contribution in [-0.4, -0.2) is 4.98 Å². The zero-order chi connectivity index (χ0) is 11.3. The lowest BCUT2D eigenvalue weighted by Gasteiger charge is -2.24. The second-order valence-electron chi connectivity index (χ2n) is 3.66. The van der Waals surface area contributed by atoms with Crippen molar-refractivity contribution in [2.75, 3.05) is 0 Å². The molecule has 0 amide bonds. The molecule has 1 aromatic rings. The van der Waals surface area contributed by atoms with Gasteiger partial charge in [0.25, 0.3) is 0 Å². The lowest BCUT2D eigenvalue weighted by Crippen LogP contribution is -2.33. The molecule has 0 saturated carbocycles. The van der Waals surface area contributed by atoms with E-state index in [0.717, 1.165) is 22.9 Å². The highest BCUT2D eigenvalue weighted by Gasteiger charge is 2.19. The molecule has 4 heteroatoms. The molecule has 0 radical (unpaired) electrons. The molecule has 1 unspecified atom stereocenters. The summed E-state index contributed by atoms with van der Waals surface area (Å²) in [4.78, 5) is 4.16. The molecule has 15 heavy (non-hydrogen) atoms. The summed E-state index contributed by atoms with van der Waals surface area (Å²) >= 11 is 3.42. The second-order valence-corrected chi connectivity index (χ2v) is 4.57. The SMILES string of the molecule is CCC(CC)C(NN)c1cncc(Br)c1. The quantitative estimate of drug-likeness (QED) is 0.640. The number of pyridine rings is 1. The fourth-order valence-electron chi connectivity index (χ4n) is 1.86. The van der Waals surface area contributed by atoms with E-state index in [1.54, 1.807) is 6.20 Å². The Balaban J connectivity index is 2.90. The van der Waals surface area contributed by atoms with Gasteiger partial charge in [-0.25, -0.2) is 0 Å². The van der Waals surface area contributed by atoms with E-state index in [1.165, 1.54) is 0 Å². The number of hydrazine groups is 1. The lowest BCUT2D eigenvalue weighted by molar-refractivity contribution is 0.345. The van der Waals surface area contributed by atoms with Crippen LogP contribution in [0.15, 0.2) is 22.9 Å².